The summed E-state index contributed by atoms with van der Waals surface area (Å²) in [5, 5.41) is 17.0. The molecular weight excluding hydrogens is 512 g/mol. The second-order valence-corrected chi connectivity index (χ2v) is 9.11. The Labute approximate surface area is 212 Å². The number of carboxylic acid groups (broad SMARTS) is 1. The van der Waals surface area contributed by atoms with E-state index < -0.39 is 23.5 Å². The van der Waals surface area contributed by atoms with Crippen LogP contribution in [0.3, 0.4) is 0 Å². The summed E-state index contributed by atoms with van der Waals surface area (Å²) < 4.78 is 54.2. The van der Waals surface area contributed by atoms with Gasteiger partial charge in [-0.1, -0.05) is 35.6 Å². The van der Waals surface area contributed by atoms with Crippen LogP contribution in [-0.2, 0) is 17.4 Å². The van der Waals surface area contributed by atoms with Crippen molar-refractivity contribution in [1.82, 2.24) is 20.1 Å². The first-order valence-electron chi connectivity index (χ1n) is 11.0. The quantitative estimate of drug-likeness (QED) is 0.306. The molecule has 0 spiro atoms. The first kappa shape index (κ1) is 26.0. The van der Waals surface area contributed by atoms with Crippen molar-refractivity contribution >= 4 is 23.2 Å². The Morgan fingerprint density at radius 1 is 1.11 bits per heavy atom. The molecule has 0 radical (unpaired) electrons. The standard InChI is InChI=1S/C25H20F4N4O3S/c1-13-20(15-4-3-5-17(26)12-15)22(23(35)36)33(32-13)24-31-21(18(37-24)10-11-19(34)30-2)14-6-8-16(9-7-14)25(27,28)29/h3-9,12H,10-11H2,1-2H3,(H,30,34)(H,35,36). The molecule has 0 unspecified atom stereocenters. The molecule has 4 aromatic rings. The van der Waals surface area contributed by atoms with Gasteiger partial charge in [0.2, 0.25) is 11.0 Å². The van der Waals surface area contributed by atoms with Gasteiger partial charge < -0.3 is 10.4 Å². The summed E-state index contributed by atoms with van der Waals surface area (Å²) in [5.41, 5.74) is 0.470. The van der Waals surface area contributed by atoms with Crippen molar-refractivity contribution in [2.75, 3.05) is 7.05 Å². The van der Waals surface area contributed by atoms with Crippen molar-refractivity contribution in [3.05, 3.63) is 76.2 Å². The highest BCUT2D eigenvalue weighted by Crippen LogP contribution is 2.36. The van der Waals surface area contributed by atoms with Crippen molar-refractivity contribution in [3.63, 3.8) is 0 Å². The van der Waals surface area contributed by atoms with E-state index in [0.717, 1.165) is 28.2 Å². The molecule has 2 N–H and O–H groups in total. The zero-order valence-corrected chi connectivity index (χ0v) is 20.4. The third-order valence-corrected chi connectivity index (χ3v) is 6.68. The van der Waals surface area contributed by atoms with E-state index >= 15 is 0 Å². The van der Waals surface area contributed by atoms with Crippen LogP contribution in [0.2, 0.25) is 0 Å². The van der Waals surface area contributed by atoms with Crippen LogP contribution in [0.4, 0.5) is 17.6 Å². The SMILES string of the molecule is CNC(=O)CCc1sc(-n2nc(C)c(-c3cccc(F)c3)c2C(=O)O)nc1-c1ccc(C(F)(F)F)cc1. The average molecular weight is 533 g/mol. The fourth-order valence-corrected chi connectivity index (χ4v) is 4.89. The van der Waals surface area contributed by atoms with Gasteiger partial charge in [0.15, 0.2) is 5.69 Å². The van der Waals surface area contributed by atoms with Gasteiger partial charge in [-0.3, -0.25) is 4.79 Å². The molecule has 0 saturated carbocycles. The van der Waals surface area contributed by atoms with E-state index in [-0.39, 0.29) is 35.1 Å². The number of rotatable bonds is 7. The van der Waals surface area contributed by atoms with E-state index in [9.17, 15) is 32.3 Å². The molecular formula is C25H20F4N4O3S. The highest BCUT2D eigenvalue weighted by molar-refractivity contribution is 7.14. The van der Waals surface area contributed by atoms with E-state index in [4.69, 9.17) is 0 Å². The monoisotopic (exact) mass is 532 g/mol. The van der Waals surface area contributed by atoms with Gasteiger partial charge in [-0.15, -0.1) is 0 Å². The van der Waals surface area contributed by atoms with Crippen molar-refractivity contribution in [1.29, 1.82) is 0 Å². The normalized spacial score (nSPS) is 11.5. The fourth-order valence-electron chi connectivity index (χ4n) is 3.85. The molecule has 2 heterocycles. The molecule has 2 aromatic carbocycles. The minimum Gasteiger partial charge on any atom is -0.476 e. The van der Waals surface area contributed by atoms with Gasteiger partial charge in [0.05, 0.1) is 17.0 Å². The molecule has 0 bridgehead atoms. The average Bonchev–Trinajstić information content (AvgIpc) is 3.43. The smallest absolute Gasteiger partial charge is 0.416 e. The maximum atomic E-state index is 13.9. The van der Waals surface area contributed by atoms with E-state index in [1.807, 2.05) is 0 Å². The number of thiazole rings is 1. The zero-order valence-electron chi connectivity index (χ0n) is 19.6. The number of nitrogens with one attached hydrogen (secondary N) is 1. The van der Waals surface area contributed by atoms with E-state index in [0.29, 0.717) is 27.4 Å². The number of hydrogen-bond donors (Lipinski definition) is 2. The van der Waals surface area contributed by atoms with Crippen molar-refractivity contribution < 1.29 is 32.3 Å². The van der Waals surface area contributed by atoms with Gasteiger partial charge in [0, 0.05) is 29.5 Å². The van der Waals surface area contributed by atoms with Crippen molar-refractivity contribution in [2.45, 2.75) is 25.9 Å². The summed E-state index contributed by atoms with van der Waals surface area (Å²) in [7, 11) is 1.48. The third-order valence-electron chi connectivity index (χ3n) is 5.59. The minimum atomic E-state index is -4.51. The van der Waals surface area contributed by atoms with Gasteiger partial charge in [0.25, 0.3) is 0 Å². The van der Waals surface area contributed by atoms with Gasteiger partial charge >= 0.3 is 12.1 Å². The molecule has 0 aliphatic carbocycles. The predicted molar refractivity (Wildman–Crippen MR) is 129 cm³/mol. The first-order valence-corrected chi connectivity index (χ1v) is 11.8. The van der Waals surface area contributed by atoms with Gasteiger partial charge in [-0.25, -0.2) is 14.2 Å². The summed E-state index contributed by atoms with van der Waals surface area (Å²) in [6, 6.07) is 9.86. The molecule has 0 aliphatic rings. The highest BCUT2D eigenvalue weighted by Gasteiger charge is 2.31. The summed E-state index contributed by atoms with van der Waals surface area (Å²) in [4.78, 5) is 29.2. The number of alkyl halides is 3. The Balaban J connectivity index is 1.86. The molecule has 0 aliphatic heterocycles. The number of aryl methyl sites for hydroxylation is 2. The van der Waals surface area contributed by atoms with Crippen LogP contribution in [-0.4, -0.2) is 38.8 Å². The molecule has 192 valence electrons. The number of nitrogens with zero attached hydrogens (tertiary/aromatic N) is 3. The topological polar surface area (TPSA) is 97.1 Å². The second-order valence-electron chi connectivity index (χ2n) is 8.05. The lowest BCUT2D eigenvalue weighted by Crippen LogP contribution is -2.17. The molecule has 7 nitrogen and oxygen atoms in total. The maximum absolute atomic E-state index is 13.9. The van der Waals surface area contributed by atoms with Crippen LogP contribution in [0.5, 0.6) is 0 Å². The van der Waals surface area contributed by atoms with Crippen molar-refractivity contribution in [2.24, 2.45) is 0 Å². The number of aromatic nitrogens is 3. The molecule has 1 amide bonds. The Morgan fingerprint density at radius 2 is 1.81 bits per heavy atom. The minimum absolute atomic E-state index is 0.0875. The largest absolute Gasteiger partial charge is 0.476 e. The van der Waals surface area contributed by atoms with Crippen LogP contribution in [0, 0.1) is 12.7 Å². The van der Waals surface area contributed by atoms with Crippen LogP contribution < -0.4 is 5.32 Å². The summed E-state index contributed by atoms with van der Waals surface area (Å²) in [5.74, 6) is -2.11. The highest BCUT2D eigenvalue weighted by atomic mass is 32.1. The van der Waals surface area contributed by atoms with Gasteiger partial charge in [-0.2, -0.15) is 23.0 Å². The lowest BCUT2D eigenvalue weighted by atomic mass is 10.0. The molecule has 4 rings (SSSR count). The van der Waals surface area contributed by atoms with E-state index in [2.05, 4.69) is 15.4 Å². The second kappa shape index (κ2) is 10.1. The Bertz CT molecular complexity index is 1480. The fraction of sp³-hybridized carbons (Fsp3) is 0.200. The predicted octanol–water partition coefficient (Wildman–Crippen LogP) is 5.51. The molecule has 0 fully saturated rings. The van der Waals surface area contributed by atoms with Gasteiger partial charge in [0.1, 0.15) is 5.82 Å². The number of aromatic carboxylic acids is 1. The number of hydrogen-bond acceptors (Lipinski definition) is 5. The van der Waals surface area contributed by atoms with Crippen molar-refractivity contribution in [3.8, 4) is 27.5 Å². The molecule has 0 atom stereocenters. The molecule has 37 heavy (non-hydrogen) atoms. The van der Waals surface area contributed by atoms with Crippen LogP contribution in [0.1, 0.15) is 33.0 Å². The number of carbonyl (C=O) groups is 2. The third kappa shape index (κ3) is 5.38. The van der Waals surface area contributed by atoms with E-state index in [1.165, 1.54) is 37.4 Å². The number of carboxylic acids is 1. The number of amides is 1. The van der Waals surface area contributed by atoms with E-state index in [1.54, 1.807) is 13.0 Å². The van der Waals surface area contributed by atoms with Crippen LogP contribution >= 0.6 is 11.3 Å². The lowest BCUT2D eigenvalue weighted by molar-refractivity contribution is -0.137. The molecule has 0 saturated heterocycles. The Morgan fingerprint density at radius 3 is 2.41 bits per heavy atom. The summed E-state index contributed by atoms with van der Waals surface area (Å²) in [6.45, 7) is 1.58. The van der Waals surface area contributed by atoms with Crippen LogP contribution in [0.25, 0.3) is 27.5 Å². The summed E-state index contributed by atoms with van der Waals surface area (Å²) >= 11 is 1.07. The molecule has 2 aromatic heterocycles. The number of halogens is 4. The Hall–Kier alpha value is -4.06. The number of benzene rings is 2. The Kier molecular flexibility index (Phi) is 7.12. The lowest BCUT2D eigenvalue weighted by Gasteiger charge is -2.07. The first-order chi connectivity index (χ1) is 17.5. The summed E-state index contributed by atoms with van der Waals surface area (Å²) in [6.07, 6.45) is -4.21. The maximum Gasteiger partial charge on any atom is 0.416 e. The van der Waals surface area contributed by atoms with Gasteiger partial charge in [-0.05, 0) is 43.2 Å². The number of carbonyl (C=O) groups excluding carboxylic acids is 1. The molecule has 12 heteroatoms. The van der Waals surface area contributed by atoms with Crippen LogP contribution in [0.15, 0.2) is 48.5 Å². The zero-order chi connectivity index (χ0) is 26.9.